The molecule has 3 atom stereocenters. The average molecular weight is 426 g/mol. The van der Waals surface area contributed by atoms with Crippen LogP contribution in [0.5, 0.6) is 0 Å². The van der Waals surface area contributed by atoms with Crippen LogP contribution in [0.1, 0.15) is 37.3 Å². The minimum atomic E-state index is -1.35. The molecule has 1 saturated heterocycles. The number of rotatable bonds is 6. The van der Waals surface area contributed by atoms with Crippen molar-refractivity contribution in [1.82, 2.24) is 4.48 Å². The maximum absolute atomic E-state index is 12.6. The van der Waals surface area contributed by atoms with Gasteiger partial charge in [-0.15, -0.1) is 0 Å². The van der Waals surface area contributed by atoms with E-state index in [0.29, 0.717) is 12.1 Å². The van der Waals surface area contributed by atoms with Gasteiger partial charge in [-0.05, 0) is 30.9 Å². The van der Waals surface area contributed by atoms with Crippen molar-refractivity contribution in [1.29, 1.82) is 0 Å². The number of hydrogen-bond donors (Lipinski definition) is 0. The number of nitro benzene ring substituents is 1. The Morgan fingerprint density at radius 3 is 2.23 bits per heavy atom. The molecule has 0 aliphatic carbocycles. The summed E-state index contributed by atoms with van der Waals surface area (Å²) in [6, 6.07) is 13.4. The molecule has 2 aromatic carbocycles. The third-order valence-electron chi connectivity index (χ3n) is 6.02. The molecule has 2 aromatic rings. The van der Waals surface area contributed by atoms with Crippen molar-refractivity contribution in [3.8, 4) is 0 Å². The Balaban J connectivity index is 2.05. The monoisotopic (exact) mass is 426 g/mol. The molecule has 1 aliphatic rings. The first-order valence-corrected chi connectivity index (χ1v) is 10.4. The lowest BCUT2D eigenvalue weighted by Crippen LogP contribution is -2.66. The number of hydrogen-bond acceptors (Lipinski definition) is 6. The molecule has 1 aliphatic heterocycles. The van der Waals surface area contributed by atoms with Crippen LogP contribution in [0.25, 0.3) is 0 Å². The molecule has 1 fully saturated rings. The number of ether oxygens (including phenoxy) is 1. The van der Waals surface area contributed by atoms with Gasteiger partial charge in [-0.2, -0.15) is 0 Å². The van der Waals surface area contributed by atoms with E-state index < -0.39 is 27.4 Å². The number of benzene rings is 2. The van der Waals surface area contributed by atoms with Gasteiger partial charge in [0.25, 0.3) is 11.8 Å². The number of carbonyl (C=O) groups excluding carboxylic acids is 2. The van der Waals surface area contributed by atoms with E-state index in [1.807, 2.05) is 24.3 Å². The van der Waals surface area contributed by atoms with Crippen molar-refractivity contribution in [2.45, 2.75) is 32.6 Å². The van der Waals surface area contributed by atoms with Gasteiger partial charge in [-0.1, -0.05) is 31.2 Å². The van der Waals surface area contributed by atoms with Gasteiger partial charge in [0.15, 0.2) is 0 Å². The Kier molecular flexibility index (Phi) is 6.70. The molecule has 0 aromatic heterocycles. The smallest absolute Gasteiger partial charge is 0.314 e. The van der Waals surface area contributed by atoms with Crippen LogP contribution < -0.4 is 9.59 Å². The van der Waals surface area contributed by atoms with Crippen LogP contribution in [0.2, 0.25) is 0 Å². The van der Waals surface area contributed by atoms with E-state index in [-0.39, 0.29) is 31.3 Å². The van der Waals surface area contributed by atoms with E-state index >= 15 is 0 Å². The minimum Gasteiger partial charge on any atom is -0.498 e. The highest BCUT2D eigenvalue weighted by molar-refractivity contribution is 5.82. The van der Waals surface area contributed by atoms with Crippen LogP contribution in [-0.2, 0) is 16.0 Å². The summed E-state index contributed by atoms with van der Waals surface area (Å²) in [6.07, 6.45) is 0.000958. The molecule has 164 valence electrons. The summed E-state index contributed by atoms with van der Waals surface area (Å²) in [4.78, 5) is 35.6. The first-order valence-electron chi connectivity index (χ1n) is 10.4. The SMILES string of the molecule is CCOC(=O)C1CC(c2ccc(CC)cc2)C[N+](C(=O)[O-])(c2ccc([N+](=O)[O-])cc2)C1. The zero-order chi connectivity index (χ0) is 22.6. The molecule has 8 heteroatoms. The number of non-ortho nitro benzene ring substituents is 1. The van der Waals surface area contributed by atoms with Crippen molar-refractivity contribution in [2.75, 3.05) is 19.7 Å². The lowest BCUT2D eigenvalue weighted by molar-refractivity contribution is -0.384. The van der Waals surface area contributed by atoms with E-state index in [2.05, 4.69) is 6.92 Å². The highest BCUT2D eigenvalue weighted by Gasteiger charge is 2.47. The Morgan fingerprint density at radius 2 is 1.71 bits per heavy atom. The van der Waals surface area contributed by atoms with Crippen LogP contribution in [0.4, 0.5) is 16.2 Å². The van der Waals surface area contributed by atoms with Gasteiger partial charge in [0.05, 0.1) is 18.1 Å². The molecule has 0 bridgehead atoms. The fraction of sp³-hybridized carbons (Fsp3) is 0.391. The summed E-state index contributed by atoms with van der Waals surface area (Å²) in [5.41, 5.74) is 2.31. The molecule has 3 unspecified atom stereocenters. The molecule has 1 heterocycles. The number of piperidine rings is 1. The largest absolute Gasteiger partial charge is 0.498 e. The van der Waals surface area contributed by atoms with Gasteiger partial charge in [-0.3, -0.25) is 14.9 Å². The number of amides is 1. The highest BCUT2D eigenvalue weighted by atomic mass is 16.6. The first kappa shape index (κ1) is 22.4. The second-order valence-electron chi connectivity index (χ2n) is 7.85. The van der Waals surface area contributed by atoms with Crippen molar-refractivity contribution in [3.63, 3.8) is 0 Å². The van der Waals surface area contributed by atoms with Gasteiger partial charge in [-0.25, -0.2) is 4.48 Å². The number of carbonyl (C=O) groups is 2. The van der Waals surface area contributed by atoms with E-state index in [1.165, 1.54) is 24.3 Å². The van der Waals surface area contributed by atoms with E-state index in [4.69, 9.17) is 4.74 Å². The predicted molar refractivity (Wildman–Crippen MR) is 113 cm³/mol. The maximum atomic E-state index is 12.6. The van der Waals surface area contributed by atoms with Crippen LogP contribution in [0, 0.1) is 16.0 Å². The number of nitro groups is 1. The fourth-order valence-electron chi connectivity index (χ4n) is 4.34. The van der Waals surface area contributed by atoms with Crippen LogP contribution in [0.15, 0.2) is 48.5 Å². The second kappa shape index (κ2) is 9.26. The van der Waals surface area contributed by atoms with Crippen LogP contribution in [0.3, 0.4) is 0 Å². The lowest BCUT2D eigenvalue weighted by atomic mass is 9.82. The van der Waals surface area contributed by atoms with Gasteiger partial charge in [0.1, 0.15) is 18.2 Å². The van der Waals surface area contributed by atoms with Crippen molar-refractivity contribution in [3.05, 3.63) is 69.8 Å². The first-order chi connectivity index (χ1) is 14.8. The Morgan fingerprint density at radius 1 is 1.06 bits per heavy atom. The minimum absolute atomic E-state index is 0.0253. The molecule has 0 radical (unpaired) electrons. The molecule has 0 spiro atoms. The fourth-order valence-corrected chi connectivity index (χ4v) is 4.34. The van der Waals surface area contributed by atoms with E-state index in [9.17, 15) is 24.8 Å². The standard InChI is InChI=1S/C23H26N2O6/c1-3-16-5-7-17(8-6-16)18-13-19(22(26)31-4-2)15-25(14-18,23(27)28)21-11-9-20(10-12-21)24(29)30/h5-12,18-19H,3-4,13-15H2,1-2H3. The zero-order valence-corrected chi connectivity index (χ0v) is 17.7. The normalized spacial score (nSPS) is 23.2. The lowest BCUT2D eigenvalue weighted by Gasteiger charge is -2.45. The van der Waals surface area contributed by atoms with Gasteiger partial charge in [0, 0.05) is 30.2 Å². The number of likely N-dealkylation sites (tertiary alicyclic amines) is 1. The van der Waals surface area contributed by atoms with Gasteiger partial charge in [0.2, 0.25) is 0 Å². The average Bonchev–Trinajstić information content (AvgIpc) is 2.78. The molecule has 3 rings (SSSR count). The number of nitrogens with zero attached hydrogens (tertiary/aromatic N) is 2. The molecular weight excluding hydrogens is 400 g/mol. The van der Waals surface area contributed by atoms with Crippen molar-refractivity contribution < 1.29 is 24.4 Å². The number of aryl methyl sites for hydroxylation is 1. The Hall–Kier alpha value is -3.26. The molecule has 8 nitrogen and oxygen atoms in total. The second-order valence-corrected chi connectivity index (χ2v) is 7.85. The Bertz CT molecular complexity index is 957. The molecule has 0 saturated carbocycles. The predicted octanol–water partition coefficient (Wildman–Crippen LogP) is 3.17. The number of quaternary nitrogens is 1. The third-order valence-corrected chi connectivity index (χ3v) is 6.02. The van der Waals surface area contributed by atoms with Gasteiger partial charge < -0.3 is 14.6 Å². The maximum Gasteiger partial charge on any atom is 0.314 e. The molecule has 0 N–H and O–H groups in total. The van der Waals surface area contributed by atoms with Crippen molar-refractivity contribution >= 4 is 23.4 Å². The molecule has 1 amide bonds. The van der Waals surface area contributed by atoms with Gasteiger partial charge >= 0.3 is 5.97 Å². The summed E-state index contributed by atoms with van der Waals surface area (Å²) in [5, 5.41) is 23.5. The van der Waals surface area contributed by atoms with Crippen molar-refractivity contribution in [2.24, 2.45) is 5.92 Å². The summed E-state index contributed by atoms with van der Waals surface area (Å²) >= 11 is 0. The zero-order valence-electron chi connectivity index (χ0n) is 17.7. The molecule has 31 heavy (non-hydrogen) atoms. The Labute approximate surface area is 180 Å². The van der Waals surface area contributed by atoms with Crippen LogP contribution >= 0.6 is 0 Å². The summed E-state index contributed by atoms with van der Waals surface area (Å²) in [7, 11) is 0. The number of carboxylic acid groups (broad SMARTS) is 1. The van der Waals surface area contributed by atoms with E-state index in [1.54, 1.807) is 6.92 Å². The third kappa shape index (κ3) is 4.59. The summed E-state index contributed by atoms with van der Waals surface area (Å²) in [6.45, 7) is 4.12. The highest BCUT2D eigenvalue weighted by Crippen LogP contribution is 2.39. The topological polar surface area (TPSA) is 110 Å². The summed E-state index contributed by atoms with van der Waals surface area (Å²) < 4.78 is 4.61. The number of esters is 1. The van der Waals surface area contributed by atoms with E-state index in [0.717, 1.165) is 17.5 Å². The van der Waals surface area contributed by atoms with Crippen LogP contribution in [-0.4, -0.2) is 36.7 Å². The molecular formula is C23H26N2O6. The quantitative estimate of drug-likeness (QED) is 0.304. The summed E-state index contributed by atoms with van der Waals surface area (Å²) in [5.74, 6) is -1.30.